The topological polar surface area (TPSA) is 94.8 Å². The van der Waals surface area contributed by atoms with E-state index in [0.29, 0.717) is 5.02 Å². The SMILES string of the molecule is O=S(=O)(O)C(c1ccc(Cl)cc1)(c1cc(O)cc(Cl)c1)c1cc(Cl)cc(O)c1Cl. The molecule has 3 aromatic carbocycles. The molecule has 1 unspecified atom stereocenters. The molecular weight excluding hydrogens is 482 g/mol. The molecule has 3 N–H and O–H groups in total. The van der Waals surface area contributed by atoms with Gasteiger partial charge >= 0.3 is 0 Å². The molecule has 0 aliphatic rings. The van der Waals surface area contributed by atoms with Gasteiger partial charge in [-0.1, -0.05) is 58.5 Å². The Morgan fingerprint density at radius 1 is 0.724 bits per heavy atom. The first-order chi connectivity index (χ1) is 13.5. The minimum absolute atomic E-state index is 0.00404. The first-order valence-corrected chi connectivity index (χ1v) is 10.8. The number of phenols is 2. The van der Waals surface area contributed by atoms with Crippen molar-refractivity contribution in [1.82, 2.24) is 0 Å². The van der Waals surface area contributed by atoms with Crippen LogP contribution in [0.2, 0.25) is 20.1 Å². The minimum Gasteiger partial charge on any atom is -0.508 e. The van der Waals surface area contributed by atoms with E-state index in [-0.39, 0.29) is 37.5 Å². The molecule has 0 saturated heterocycles. The summed E-state index contributed by atoms with van der Waals surface area (Å²) >= 11 is 24.3. The summed E-state index contributed by atoms with van der Waals surface area (Å²) < 4.78 is 34.0. The van der Waals surface area contributed by atoms with Crippen LogP contribution in [-0.2, 0) is 14.9 Å². The van der Waals surface area contributed by atoms with E-state index in [0.717, 1.165) is 12.1 Å². The van der Waals surface area contributed by atoms with Crippen LogP contribution in [0, 0.1) is 0 Å². The van der Waals surface area contributed by atoms with Gasteiger partial charge in [0.2, 0.25) is 0 Å². The van der Waals surface area contributed by atoms with Crippen molar-refractivity contribution in [2.75, 3.05) is 0 Å². The second kappa shape index (κ2) is 7.87. The summed E-state index contributed by atoms with van der Waals surface area (Å²) in [6.07, 6.45) is 0. The van der Waals surface area contributed by atoms with Crippen LogP contribution in [0.3, 0.4) is 0 Å². The van der Waals surface area contributed by atoms with Gasteiger partial charge in [-0.05, 0) is 47.5 Å². The minimum atomic E-state index is -5.06. The number of phenolic OH excluding ortho intramolecular Hbond substituents is 2. The number of rotatable bonds is 4. The van der Waals surface area contributed by atoms with Crippen LogP contribution >= 0.6 is 46.4 Å². The zero-order chi connectivity index (χ0) is 21.6. The summed E-state index contributed by atoms with van der Waals surface area (Å²) in [5, 5.41) is 20.1. The summed E-state index contributed by atoms with van der Waals surface area (Å²) in [7, 11) is -5.06. The molecule has 5 nitrogen and oxygen atoms in total. The largest absolute Gasteiger partial charge is 0.508 e. The molecule has 0 spiro atoms. The van der Waals surface area contributed by atoms with Gasteiger partial charge in [0.25, 0.3) is 10.1 Å². The van der Waals surface area contributed by atoms with Gasteiger partial charge < -0.3 is 10.2 Å². The smallest absolute Gasteiger partial charge is 0.283 e. The van der Waals surface area contributed by atoms with Gasteiger partial charge in [0, 0.05) is 26.7 Å². The predicted molar refractivity (Wildman–Crippen MR) is 114 cm³/mol. The average Bonchev–Trinajstić information content (AvgIpc) is 2.59. The number of benzene rings is 3. The molecule has 3 rings (SSSR count). The Morgan fingerprint density at radius 2 is 1.31 bits per heavy atom. The molecule has 0 aliphatic heterocycles. The van der Waals surface area contributed by atoms with Gasteiger partial charge in [-0.3, -0.25) is 4.55 Å². The van der Waals surface area contributed by atoms with Crippen molar-refractivity contribution < 1.29 is 23.2 Å². The second-order valence-corrected chi connectivity index (χ2v) is 9.40. The van der Waals surface area contributed by atoms with E-state index >= 15 is 0 Å². The summed E-state index contributed by atoms with van der Waals surface area (Å²) in [5.74, 6) is -0.848. The monoisotopic (exact) mass is 492 g/mol. The van der Waals surface area contributed by atoms with Crippen molar-refractivity contribution >= 4 is 56.5 Å². The quantitative estimate of drug-likeness (QED) is 0.311. The highest BCUT2D eigenvalue weighted by Crippen LogP contribution is 2.50. The van der Waals surface area contributed by atoms with Crippen LogP contribution < -0.4 is 0 Å². The molecule has 1 atom stereocenters. The fraction of sp³-hybridized carbons (Fsp3) is 0.0526. The molecule has 29 heavy (non-hydrogen) atoms. The summed E-state index contributed by atoms with van der Waals surface area (Å²) in [6, 6.07) is 11.4. The highest BCUT2D eigenvalue weighted by molar-refractivity contribution is 7.87. The van der Waals surface area contributed by atoms with Crippen LogP contribution in [0.1, 0.15) is 16.7 Å². The van der Waals surface area contributed by atoms with Gasteiger partial charge in [0.05, 0.1) is 5.02 Å². The van der Waals surface area contributed by atoms with Gasteiger partial charge in [0.15, 0.2) is 4.75 Å². The Balaban J connectivity index is 2.60. The standard InChI is InChI=1S/C19H12Cl4O5S/c20-12-3-1-10(2-4-12)19(29(26,27)28,11-5-13(21)7-15(24)6-11)16-8-14(22)9-17(25)18(16)23/h1-9,24-25H,(H,26,27,28). The van der Waals surface area contributed by atoms with Crippen LogP contribution in [0.25, 0.3) is 0 Å². The number of halogens is 4. The maximum atomic E-state index is 13.0. The molecule has 0 aromatic heterocycles. The Labute approximate surface area is 186 Å². The second-order valence-electron chi connectivity index (χ2n) is 6.15. The summed E-state index contributed by atoms with van der Waals surface area (Å²) in [6.45, 7) is 0. The first-order valence-electron chi connectivity index (χ1n) is 7.88. The van der Waals surface area contributed by atoms with Crippen molar-refractivity contribution in [3.8, 4) is 11.5 Å². The normalized spacial score (nSPS) is 13.8. The van der Waals surface area contributed by atoms with Crippen molar-refractivity contribution in [1.29, 1.82) is 0 Å². The molecule has 0 bridgehead atoms. The summed E-state index contributed by atoms with van der Waals surface area (Å²) in [5.41, 5.74) is -0.346. The van der Waals surface area contributed by atoms with Crippen molar-refractivity contribution in [3.05, 3.63) is 91.4 Å². The maximum absolute atomic E-state index is 13.0. The zero-order valence-corrected chi connectivity index (χ0v) is 18.1. The van der Waals surface area contributed by atoms with E-state index in [9.17, 15) is 23.2 Å². The molecule has 10 heteroatoms. The van der Waals surface area contributed by atoms with Crippen LogP contribution in [0.4, 0.5) is 0 Å². The Bertz CT molecular complexity index is 1180. The Kier molecular flexibility index (Phi) is 5.98. The predicted octanol–water partition coefficient (Wildman–Crippen LogP) is 5.89. The molecule has 0 radical (unpaired) electrons. The lowest BCUT2D eigenvalue weighted by Crippen LogP contribution is -2.38. The lowest BCUT2D eigenvalue weighted by molar-refractivity contribution is 0.455. The fourth-order valence-electron chi connectivity index (χ4n) is 3.21. The third-order valence-corrected chi connectivity index (χ3v) is 6.88. The van der Waals surface area contributed by atoms with E-state index < -0.39 is 20.6 Å². The highest BCUT2D eigenvalue weighted by Gasteiger charge is 2.50. The highest BCUT2D eigenvalue weighted by atomic mass is 35.5. The van der Waals surface area contributed by atoms with Crippen LogP contribution in [-0.4, -0.2) is 23.2 Å². The fourth-order valence-corrected chi connectivity index (χ4v) is 5.37. The molecule has 0 saturated carbocycles. The average molecular weight is 494 g/mol. The number of aromatic hydroxyl groups is 2. The van der Waals surface area contributed by atoms with Crippen LogP contribution in [0.15, 0.2) is 54.6 Å². The van der Waals surface area contributed by atoms with Gasteiger partial charge in [0.1, 0.15) is 11.5 Å². The lowest BCUT2D eigenvalue weighted by atomic mass is 9.83. The molecule has 0 amide bonds. The van der Waals surface area contributed by atoms with Gasteiger partial charge in [-0.15, -0.1) is 0 Å². The van der Waals surface area contributed by atoms with Gasteiger partial charge in [-0.2, -0.15) is 8.42 Å². The first kappa shape index (κ1) is 22.0. The molecule has 152 valence electrons. The third kappa shape index (κ3) is 3.89. The maximum Gasteiger partial charge on any atom is 0.283 e. The summed E-state index contributed by atoms with van der Waals surface area (Å²) in [4.78, 5) is 0. The van der Waals surface area contributed by atoms with Crippen molar-refractivity contribution in [3.63, 3.8) is 0 Å². The van der Waals surface area contributed by atoms with Crippen molar-refractivity contribution in [2.45, 2.75) is 4.75 Å². The number of hydrogen-bond donors (Lipinski definition) is 3. The van der Waals surface area contributed by atoms with E-state index in [1.165, 1.54) is 42.5 Å². The Hall–Kier alpha value is -1.67. The molecular formula is C19H12Cl4O5S. The molecule has 3 aromatic rings. The van der Waals surface area contributed by atoms with Crippen LogP contribution in [0.5, 0.6) is 11.5 Å². The third-order valence-electron chi connectivity index (χ3n) is 4.32. The van der Waals surface area contributed by atoms with E-state index in [1.54, 1.807) is 0 Å². The van der Waals surface area contributed by atoms with E-state index in [2.05, 4.69) is 0 Å². The van der Waals surface area contributed by atoms with Gasteiger partial charge in [-0.25, -0.2) is 0 Å². The lowest BCUT2D eigenvalue weighted by Gasteiger charge is -2.33. The molecule has 0 aliphatic carbocycles. The Morgan fingerprint density at radius 3 is 1.86 bits per heavy atom. The number of hydrogen-bond acceptors (Lipinski definition) is 4. The molecule has 0 heterocycles. The zero-order valence-electron chi connectivity index (χ0n) is 14.3. The van der Waals surface area contributed by atoms with E-state index in [1.807, 2.05) is 0 Å². The molecule has 0 fully saturated rings. The van der Waals surface area contributed by atoms with Crippen molar-refractivity contribution in [2.24, 2.45) is 0 Å². The van der Waals surface area contributed by atoms with E-state index in [4.69, 9.17) is 46.4 Å².